The molecule has 0 bridgehead atoms. The second-order valence-electron chi connectivity index (χ2n) is 9.33. The van der Waals surface area contributed by atoms with Crippen molar-refractivity contribution in [3.8, 4) is 17.5 Å². The second kappa shape index (κ2) is 9.49. The summed E-state index contributed by atoms with van der Waals surface area (Å²) in [7, 11) is 1.87. The maximum Gasteiger partial charge on any atom is 0.235 e. The summed E-state index contributed by atoms with van der Waals surface area (Å²) >= 11 is 8.84. The highest BCUT2D eigenvalue weighted by Crippen LogP contribution is 2.44. The van der Waals surface area contributed by atoms with Gasteiger partial charge in [0.15, 0.2) is 11.0 Å². The van der Waals surface area contributed by atoms with Gasteiger partial charge in [-0.1, -0.05) is 44.1 Å². The molecule has 1 aliphatic carbocycles. The minimum atomic E-state index is -0.154. The van der Waals surface area contributed by atoms with E-state index in [9.17, 15) is 10.1 Å². The summed E-state index contributed by atoms with van der Waals surface area (Å²) in [6.07, 6.45) is 2.94. The normalized spacial score (nSPS) is 15.7. The summed E-state index contributed by atoms with van der Waals surface area (Å²) in [5.74, 6) is 1.32. The lowest BCUT2D eigenvalue weighted by Crippen LogP contribution is -2.26. The lowest BCUT2D eigenvalue weighted by Gasteiger charge is -2.33. The number of nitriles is 1. The summed E-state index contributed by atoms with van der Waals surface area (Å²) < 4.78 is 1.86. The number of halogens is 1. The first-order valence-electron chi connectivity index (χ1n) is 10.8. The maximum absolute atomic E-state index is 12.7. The van der Waals surface area contributed by atoms with Crippen LogP contribution < -0.4 is 5.32 Å². The lowest BCUT2D eigenvalue weighted by molar-refractivity contribution is -0.113. The highest BCUT2D eigenvalue weighted by atomic mass is 35.5. The molecule has 0 saturated carbocycles. The van der Waals surface area contributed by atoms with Crippen LogP contribution in [0.5, 0.6) is 0 Å². The van der Waals surface area contributed by atoms with E-state index >= 15 is 0 Å². The average molecular weight is 500 g/mol. The Labute approximate surface area is 207 Å². The molecule has 0 spiro atoms. The van der Waals surface area contributed by atoms with Crippen LogP contribution in [-0.4, -0.2) is 26.4 Å². The Balaban J connectivity index is 1.43. The maximum atomic E-state index is 12.7. The smallest absolute Gasteiger partial charge is 0.235 e. The van der Waals surface area contributed by atoms with Gasteiger partial charge in [0.05, 0.1) is 11.3 Å². The van der Waals surface area contributed by atoms with Gasteiger partial charge in [-0.3, -0.25) is 4.79 Å². The van der Waals surface area contributed by atoms with Gasteiger partial charge in [-0.15, -0.1) is 21.5 Å². The fourth-order valence-corrected chi connectivity index (χ4v) is 6.25. The molecule has 0 radical (unpaired) electrons. The molecule has 1 aliphatic rings. The Bertz CT molecular complexity index is 1220. The van der Waals surface area contributed by atoms with Crippen LogP contribution >= 0.6 is 34.7 Å². The van der Waals surface area contributed by atoms with Crippen LogP contribution in [0.1, 0.15) is 43.2 Å². The Hall–Kier alpha value is -2.34. The molecule has 4 rings (SSSR count). The van der Waals surface area contributed by atoms with Gasteiger partial charge in [0.1, 0.15) is 11.1 Å². The highest BCUT2D eigenvalue weighted by Gasteiger charge is 2.32. The van der Waals surface area contributed by atoms with E-state index in [0.29, 0.717) is 32.5 Å². The largest absolute Gasteiger partial charge is 0.316 e. The van der Waals surface area contributed by atoms with E-state index in [0.717, 1.165) is 30.4 Å². The van der Waals surface area contributed by atoms with Crippen molar-refractivity contribution in [3.05, 3.63) is 45.3 Å². The molecule has 0 aliphatic heterocycles. The molecule has 2 heterocycles. The molecule has 1 aromatic carbocycles. The lowest BCUT2D eigenvalue weighted by atomic mass is 9.72. The van der Waals surface area contributed by atoms with E-state index in [1.54, 1.807) is 11.3 Å². The Morgan fingerprint density at radius 1 is 1.33 bits per heavy atom. The van der Waals surface area contributed by atoms with Gasteiger partial charge < -0.3 is 9.88 Å². The summed E-state index contributed by atoms with van der Waals surface area (Å²) in [6, 6.07) is 9.72. The molecular weight excluding hydrogens is 474 g/mol. The van der Waals surface area contributed by atoms with E-state index in [2.05, 4.69) is 42.4 Å². The predicted octanol–water partition coefficient (Wildman–Crippen LogP) is 5.95. The second-order valence-corrected chi connectivity index (χ2v) is 11.8. The van der Waals surface area contributed by atoms with E-state index < -0.39 is 0 Å². The van der Waals surface area contributed by atoms with E-state index in [4.69, 9.17) is 11.6 Å². The quantitative estimate of drug-likeness (QED) is 0.438. The Morgan fingerprint density at radius 3 is 2.73 bits per heavy atom. The number of thioether (sulfide) groups is 1. The molecule has 0 unspecified atom stereocenters. The van der Waals surface area contributed by atoms with Crippen LogP contribution in [0, 0.1) is 22.7 Å². The van der Waals surface area contributed by atoms with Crippen molar-refractivity contribution < 1.29 is 4.79 Å². The molecule has 6 nitrogen and oxygen atoms in total. The van der Waals surface area contributed by atoms with Crippen LogP contribution in [0.3, 0.4) is 0 Å². The number of rotatable bonds is 5. The van der Waals surface area contributed by atoms with E-state index in [-0.39, 0.29) is 17.1 Å². The summed E-state index contributed by atoms with van der Waals surface area (Å²) in [4.78, 5) is 13.9. The number of nitrogens with zero attached hydrogens (tertiary/aromatic N) is 4. The number of carbonyl (C=O) groups is 1. The third-order valence-corrected chi connectivity index (χ3v) is 8.57. The molecule has 1 N–H and O–H groups in total. The van der Waals surface area contributed by atoms with Crippen molar-refractivity contribution in [2.75, 3.05) is 11.1 Å². The van der Waals surface area contributed by atoms with Gasteiger partial charge in [0.2, 0.25) is 5.91 Å². The first-order chi connectivity index (χ1) is 15.7. The van der Waals surface area contributed by atoms with Gasteiger partial charge in [0.25, 0.3) is 0 Å². The number of carbonyl (C=O) groups excluding carboxylic acids is 1. The number of anilines is 1. The van der Waals surface area contributed by atoms with Gasteiger partial charge >= 0.3 is 0 Å². The fraction of sp³-hybridized carbons (Fsp3) is 0.417. The molecule has 172 valence electrons. The summed E-state index contributed by atoms with van der Waals surface area (Å²) in [5.41, 5.74) is 2.88. The highest BCUT2D eigenvalue weighted by molar-refractivity contribution is 7.99. The Morgan fingerprint density at radius 2 is 2.06 bits per heavy atom. The molecule has 0 fully saturated rings. The van der Waals surface area contributed by atoms with Crippen molar-refractivity contribution in [1.29, 1.82) is 5.26 Å². The van der Waals surface area contributed by atoms with Crippen LogP contribution in [0.25, 0.3) is 11.4 Å². The third-order valence-electron chi connectivity index (χ3n) is 6.12. The molecular formula is C24H26ClN5OS2. The van der Waals surface area contributed by atoms with Gasteiger partial charge in [-0.05, 0) is 60.4 Å². The number of nitrogens with one attached hydrogen (secondary N) is 1. The van der Waals surface area contributed by atoms with E-state index in [1.165, 1.54) is 16.6 Å². The van der Waals surface area contributed by atoms with Crippen molar-refractivity contribution in [2.24, 2.45) is 18.4 Å². The minimum Gasteiger partial charge on any atom is -0.316 e. The van der Waals surface area contributed by atoms with Crippen molar-refractivity contribution in [1.82, 2.24) is 14.8 Å². The monoisotopic (exact) mass is 499 g/mol. The zero-order valence-electron chi connectivity index (χ0n) is 19.1. The topological polar surface area (TPSA) is 83.6 Å². The first kappa shape index (κ1) is 23.8. The molecule has 1 atom stereocenters. The minimum absolute atomic E-state index is 0.154. The SMILES string of the molecule is Cn1c(SCC(=O)Nc2sc3c(c2C#N)CC[C@@H](C(C)(C)C)C3)nnc1-c1ccc(Cl)cc1. The van der Waals surface area contributed by atoms with Crippen LogP contribution in [0.15, 0.2) is 29.4 Å². The standard InChI is InChI=1S/C24H26ClN5OS2/c1-24(2,3)15-7-10-17-18(12-26)22(33-19(17)11-15)27-20(31)13-32-23-29-28-21(30(23)4)14-5-8-16(25)9-6-14/h5-6,8-9,15H,7,10-11,13H2,1-4H3,(H,27,31)/t15-/m1/s1. The number of benzene rings is 1. The summed E-state index contributed by atoms with van der Waals surface area (Å²) in [5, 5.41) is 23.2. The summed E-state index contributed by atoms with van der Waals surface area (Å²) in [6.45, 7) is 6.81. The first-order valence-corrected chi connectivity index (χ1v) is 13.0. The number of fused-ring (bicyclic) bond motifs is 1. The fourth-order valence-electron chi connectivity index (χ4n) is 4.12. The molecule has 2 aromatic heterocycles. The average Bonchev–Trinajstić information content (AvgIpc) is 3.31. The van der Waals surface area contributed by atoms with Crippen LogP contribution in [-0.2, 0) is 24.7 Å². The molecule has 33 heavy (non-hydrogen) atoms. The number of thiophene rings is 1. The third kappa shape index (κ3) is 5.11. The van der Waals surface area contributed by atoms with Gasteiger partial charge in [0, 0.05) is 22.5 Å². The Kier molecular flexibility index (Phi) is 6.85. The van der Waals surface area contributed by atoms with Crippen LogP contribution in [0.2, 0.25) is 5.02 Å². The molecule has 0 saturated heterocycles. The molecule has 1 amide bonds. The van der Waals surface area contributed by atoms with Crippen molar-refractivity contribution in [2.45, 2.75) is 45.2 Å². The number of hydrogen-bond donors (Lipinski definition) is 1. The zero-order valence-corrected chi connectivity index (χ0v) is 21.5. The zero-order chi connectivity index (χ0) is 23.8. The van der Waals surface area contributed by atoms with Crippen molar-refractivity contribution in [3.63, 3.8) is 0 Å². The number of hydrogen-bond acceptors (Lipinski definition) is 6. The number of aromatic nitrogens is 3. The molecule has 3 aromatic rings. The van der Waals surface area contributed by atoms with Crippen molar-refractivity contribution >= 4 is 45.6 Å². The van der Waals surface area contributed by atoms with E-state index in [1.807, 2.05) is 35.9 Å². The predicted molar refractivity (Wildman–Crippen MR) is 135 cm³/mol. The van der Waals surface area contributed by atoms with Gasteiger partial charge in [-0.25, -0.2) is 0 Å². The van der Waals surface area contributed by atoms with Crippen LogP contribution in [0.4, 0.5) is 5.00 Å². The number of amides is 1. The molecule has 9 heteroatoms. The van der Waals surface area contributed by atoms with Gasteiger partial charge in [-0.2, -0.15) is 5.26 Å².